The lowest BCUT2D eigenvalue weighted by Crippen LogP contribution is -2.26. The molecule has 0 aliphatic rings. The number of methoxy groups -OCH3 is 1. The summed E-state index contributed by atoms with van der Waals surface area (Å²) in [5.41, 5.74) is 0.324. The molecule has 0 saturated heterocycles. The molecule has 0 aliphatic heterocycles. The summed E-state index contributed by atoms with van der Waals surface area (Å²) in [6, 6.07) is 11.8. The van der Waals surface area contributed by atoms with E-state index in [2.05, 4.69) is 15.5 Å². The maximum atomic E-state index is 12.8. The minimum Gasteiger partial charge on any atom is -0.497 e. The fourth-order valence-electron chi connectivity index (χ4n) is 2.82. The molecule has 0 spiro atoms. The Morgan fingerprint density at radius 1 is 1.20 bits per heavy atom. The zero-order valence-corrected chi connectivity index (χ0v) is 16.4. The molecule has 1 atom stereocenters. The highest BCUT2D eigenvalue weighted by Gasteiger charge is 2.30. The number of nitrogens with one attached hydrogen (secondary N) is 1. The summed E-state index contributed by atoms with van der Waals surface area (Å²) in [5.74, 6) is 0.736. The molecule has 0 aliphatic carbocycles. The van der Waals surface area contributed by atoms with E-state index in [9.17, 15) is 18.0 Å². The van der Waals surface area contributed by atoms with E-state index >= 15 is 0 Å². The molecule has 0 fully saturated rings. The summed E-state index contributed by atoms with van der Waals surface area (Å²) in [7, 11) is 1.58. The van der Waals surface area contributed by atoms with Gasteiger partial charge in [-0.25, -0.2) is 0 Å². The van der Waals surface area contributed by atoms with Crippen LogP contribution in [0.3, 0.4) is 0 Å². The van der Waals surface area contributed by atoms with E-state index in [4.69, 9.17) is 9.26 Å². The Kier molecular flexibility index (Phi) is 6.39. The van der Waals surface area contributed by atoms with Crippen LogP contribution >= 0.6 is 0 Å². The quantitative estimate of drug-likeness (QED) is 0.607. The van der Waals surface area contributed by atoms with Crippen LogP contribution < -0.4 is 10.1 Å². The summed E-state index contributed by atoms with van der Waals surface area (Å²) in [6.45, 7) is 1.86. The molecule has 1 N–H and O–H groups in total. The number of carbonyl (C=O) groups excluding carboxylic acids is 1. The Bertz CT molecular complexity index is 1000. The Morgan fingerprint density at radius 3 is 2.60 bits per heavy atom. The summed E-state index contributed by atoms with van der Waals surface area (Å²) >= 11 is 0. The fraction of sp³-hybridized carbons (Fsp3) is 0.286. The van der Waals surface area contributed by atoms with Gasteiger partial charge in [-0.3, -0.25) is 4.79 Å². The number of carbonyl (C=O) groups is 1. The summed E-state index contributed by atoms with van der Waals surface area (Å²) in [6.07, 6.45) is -4.18. The summed E-state index contributed by atoms with van der Waals surface area (Å²) < 4.78 is 48.7. The van der Waals surface area contributed by atoms with Crippen LogP contribution in [0.1, 0.15) is 36.4 Å². The number of rotatable bonds is 7. The third-order valence-corrected chi connectivity index (χ3v) is 4.48. The van der Waals surface area contributed by atoms with Crippen molar-refractivity contribution in [1.29, 1.82) is 0 Å². The largest absolute Gasteiger partial charge is 0.497 e. The Balaban J connectivity index is 1.56. The molecule has 3 rings (SSSR count). The smallest absolute Gasteiger partial charge is 0.416 e. The van der Waals surface area contributed by atoms with Gasteiger partial charge in [0.05, 0.1) is 18.7 Å². The van der Waals surface area contributed by atoms with Gasteiger partial charge >= 0.3 is 6.18 Å². The number of hydrogen-bond donors (Lipinski definition) is 1. The van der Waals surface area contributed by atoms with Crippen LogP contribution in [0.25, 0.3) is 11.4 Å². The average Bonchev–Trinajstić information content (AvgIpc) is 3.21. The van der Waals surface area contributed by atoms with Gasteiger partial charge in [0.1, 0.15) is 5.75 Å². The van der Waals surface area contributed by atoms with Crippen LogP contribution in [0.2, 0.25) is 0 Å². The normalized spacial score (nSPS) is 12.4. The van der Waals surface area contributed by atoms with Crippen LogP contribution in [-0.2, 0) is 17.4 Å². The number of hydrogen-bond acceptors (Lipinski definition) is 5. The first kappa shape index (κ1) is 21.4. The van der Waals surface area contributed by atoms with Crippen molar-refractivity contribution in [3.05, 3.63) is 65.5 Å². The number of halogens is 3. The topological polar surface area (TPSA) is 77.2 Å². The van der Waals surface area contributed by atoms with Crippen molar-refractivity contribution in [1.82, 2.24) is 15.5 Å². The number of aryl methyl sites for hydroxylation is 1. The van der Waals surface area contributed by atoms with Gasteiger partial charge in [-0.1, -0.05) is 29.4 Å². The molecule has 3 aromatic rings. The number of benzene rings is 2. The van der Waals surface area contributed by atoms with Crippen molar-refractivity contribution in [3.8, 4) is 17.1 Å². The maximum Gasteiger partial charge on any atom is 0.416 e. The first-order valence-electron chi connectivity index (χ1n) is 9.20. The predicted octanol–water partition coefficient (Wildman–Crippen LogP) is 4.57. The minimum absolute atomic E-state index is 0.0445. The zero-order valence-electron chi connectivity index (χ0n) is 16.4. The fourth-order valence-corrected chi connectivity index (χ4v) is 2.82. The van der Waals surface area contributed by atoms with Crippen LogP contribution in [0.4, 0.5) is 13.2 Å². The molecular weight excluding hydrogens is 399 g/mol. The van der Waals surface area contributed by atoms with E-state index in [1.165, 1.54) is 12.1 Å². The van der Waals surface area contributed by atoms with Gasteiger partial charge in [0.25, 0.3) is 0 Å². The van der Waals surface area contributed by atoms with Crippen molar-refractivity contribution in [2.24, 2.45) is 0 Å². The molecule has 2 aromatic carbocycles. The van der Waals surface area contributed by atoms with E-state index in [1.54, 1.807) is 7.11 Å². The van der Waals surface area contributed by atoms with Crippen LogP contribution in [0.5, 0.6) is 5.75 Å². The third kappa shape index (κ3) is 5.37. The molecule has 1 amide bonds. The van der Waals surface area contributed by atoms with Crippen molar-refractivity contribution in [2.75, 3.05) is 7.11 Å². The first-order valence-corrected chi connectivity index (χ1v) is 9.20. The molecule has 158 valence electrons. The molecule has 0 radical (unpaired) electrons. The molecule has 9 heteroatoms. The van der Waals surface area contributed by atoms with Gasteiger partial charge in [-0.2, -0.15) is 18.2 Å². The van der Waals surface area contributed by atoms with E-state index in [0.29, 0.717) is 0 Å². The second-order valence-corrected chi connectivity index (χ2v) is 6.65. The lowest BCUT2D eigenvalue weighted by molar-refractivity contribution is -0.137. The molecular formula is C21H20F3N3O3. The Hall–Kier alpha value is -3.36. The van der Waals surface area contributed by atoms with E-state index in [0.717, 1.165) is 23.4 Å². The summed E-state index contributed by atoms with van der Waals surface area (Å²) in [5, 5.41) is 6.59. The van der Waals surface area contributed by atoms with E-state index in [1.807, 2.05) is 31.2 Å². The van der Waals surface area contributed by atoms with Crippen LogP contribution in [0.15, 0.2) is 53.1 Å². The van der Waals surface area contributed by atoms with Crippen molar-refractivity contribution >= 4 is 5.91 Å². The highest BCUT2D eigenvalue weighted by atomic mass is 19.4. The number of alkyl halides is 3. The first-order chi connectivity index (χ1) is 14.3. The Morgan fingerprint density at radius 2 is 1.93 bits per heavy atom. The molecule has 1 heterocycles. The van der Waals surface area contributed by atoms with Gasteiger partial charge in [0.15, 0.2) is 0 Å². The highest BCUT2D eigenvalue weighted by molar-refractivity contribution is 5.76. The molecule has 1 aromatic heterocycles. The molecule has 0 unspecified atom stereocenters. The van der Waals surface area contributed by atoms with Crippen molar-refractivity contribution in [2.45, 2.75) is 32.0 Å². The zero-order chi connectivity index (χ0) is 21.7. The standard InChI is InChI=1S/C21H20F3N3O3/c1-13(14-6-8-17(29-2)9-7-14)25-18(28)10-11-19-26-20(27-30-19)15-4-3-5-16(12-15)21(22,23)24/h3-9,12-13H,10-11H2,1-2H3,(H,25,28)/t13-/m1/s1. The van der Waals surface area contributed by atoms with E-state index < -0.39 is 11.7 Å². The lowest BCUT2D eigenvalue weighted by Gasteiger charge is -2.14. The van der Waals surface area contributed by atoms with Crippen molar-refractivity contribution < 1.29 is 27.2 Å². The van der Waals surface area contributed by atoms with Gasteiger partial charge in [-0.15, -0.1) is 0 Å². The molecule has 0 bridgehead atoms. The lowest BCUT2D eigenvalue weighted by atomic mass is 10.1. The predicted molar refractivity (Wildman–Crippen MR) is 103 cm³/mol. The van der Waals surface area contributed by atoms with Gasteiger partial charge in [0.2, 0.25) is 17.6 Å². The molecule has 30 heavy (non-hydrogen) atoms. The monoisotopic (exact) mass is 419 g/mol. The minimum atomic E-state index is -4.46. The number of aromatic nitrogens is 2. The van der Waals surface area contributed by atoms with Crippen LogP contribution in [0, 0.1) is 0 Å². The second-order valence-electron chi connectivity index (χ2n) is 6.65. The maximum absolute atomic E-state index is 12.8. The highest BCUT2D eigenvalue weighted by Crippen LogP contribution is 2.31. The van der Waals surface area contributed by atoms with E-state index in [-0.39, 0.29) is 42.1 Å². The number of nitrogens with zero attached hydrogens (tertiary/aromatic N) is 2. The molecule has 0 saturated carbocycles. The van der Waals surface area contributed by atoms with Gasteiger partial charge in [-0.05, 0) is 36.8 Å². The molecule has 6 nitrogen and oxygen atoms in total. The van der Waals surface area contributed by atoms with Gasteiger partial charge < -0.3 is 14.6 Å². The van der Waals surface area contributed by atoms with Gasteiger partial charge in [0, 0.05) is 18.4 Å². The average molecular weight is 419 g/mol. The second kappa shape index (κ2) is 8.98. The number of amides is 1. The number of ether oxygens (including phenoxy) is 1. The van der Waals surface area contributed by atoms with Crippen molar-refractivity contribution in [3.63, 3.8) is 0 Å². The summed E-state index contributed by atoms with van der Waals surface area (Å²) in [4.78, 5) is 16.3. The van der Waals surface area contributed by atoms with Crippen LogP contribution in [-0.4, -0.2) is 23.2 Å². The third-order valence-electron chi connectivity index (χ3n) is 4.48. The SMILES string of the molecule is COc1ccc([C@@H](C)NC(=O)CCc2nc(-c3cccc(C(F)(F)F)c3)no2)cc1. The Labute approximate surface area is 171 Å².